The predicted octanol–water partition coefficient (Wildman–Crippen LogP) is 4.83. The molecule has 12 heteroatoms. The first kappa shape index (κ1) is 22.5. The van der Waals surface area contributed by atoms with E-state index in [9.17, 15) is 26.7 Å². The summed E-state index contributed by atoms with van der Waals surface area (Å²) in [5.41, 5.74) is -0.689. The smallest absolute Gasteiger partial charge is 0.418 e. The summed E-state index contributed by atoms with van der Waals surface area (Å²) in [7, 11) is 1.64. The van der Waals surface area contributed by atoms with Crippen molar-refractivity contribution < 1.29 is 31.5 Å². The number of alkyl halides is 5. The second-order valence-electron chi connectivity index (χ2n) is 6.15. The van der Waals surface area contributed by atoms with Crippen molar-refractivity contribution in [2.75, 3.05) is 11.1 Å². The van der Waals surface area contributed by atoms with Crippen molar-refractivity contribution in [1.29, 1.82) is 0 Å². The van der Waals surface area contributed by atoms with Gasteiger partial charge in [0.1, 0.15) is 5.75 Å². The Kier molecular flexibility index (Phi) is 6.78. The SMILES string of the molecule is Cn1c(SCC(=O)Nc2ccccc2C(F)(F)F)nnc1-c1ccc(OC(F)F)cc1. The van der Waals surface area contributed by atoms with Crippen molar-refractivity contribution in [2.24, 2.45) is 7.05 Å². The number of carbonyl (C=O) groups excluding carboxylic acids is 1. The van der Waals surface area contributed by atoms with Gasteiger partial charge < -0.3 is 14.6 Å². The lowest BCUT2D eigenvalue weighted by Crippen LogP contribution is -2.18. The summed E-state index contributed by atoms with van der Waals surface area (Å²) < 4.78 is 69.4. The van der Waals surface area contributed by atoms with Gasteiger partial charge in [0.15, 0.2) is 11.0 Å². The van der Waals surface area contributed by atoms with Crippen LogP contribution in [0, 0.1) is 0 Å². The van der Waals surface area contributed by atoms with Crippen LogP contribution in [0.15, 0.2) is 53.7 Å². The van der Waals surface area contributed by atoms with Crippen molar-refractivity contribution in [3.8, 4) is 17.1 Å². The van der Waals surface area contributed by atoms with E-state index in [-0.39, 0.29) is 17.2 Å². The molecule has 3 rings (SSSR count). The fraction of sp³-hybridized carbons (Fsp3) is 0.211. The molecule has 0 aliphatic carbocycles. The van der Waals surface area contributed by atoms with Crippen molar-refractivity contribution in [3.63, 3.8) is 0 Å². The van der Waals surface area contributed by atoms with Crippen molar-refractivity contribution >= 4 is 23.4 Å². The van der Waals surface area contributed by atoms with Crippen LogP contribution in [0.5, 0.6) is 5.75 Å². The first-order chi connectivity index (χ1) is 14.6. The number of benzene rings is 2. The summed E-state index contributed by atoms with van der Waals surface area (Å²) in [6.45, 7) is -2.93. The molecule has 0 atom stereocenters. The van der Waals surface area contributed by atoms with Crippen LogP contribution in [-0.4, -0.2) is 33.0 Å². The van der Waals surface area contributed by atoms with Crippen LogP contribution in [0.3, 0.4) is 0 Å². The largest absolute Gasteiger partial charge is 0.435 e. The lowest BCUT2D eigenvalue weighted by molar-refractivity contribution is -0.137. The Morgan fingerprint density at radius 2 is 1.81 bits per heavy atom. The molecule has 1 heterocycles. The molecule has 31 heavy (non-hydrogen) atoms. The summed E-state index contributed by atoms with van der Waals surface area (Å²) in [5.74, 6) is -0.431. The van der Waals surface area contributed by atoms with Gasteiger partial charge in [-0.2, -0.15) is 22.0 Å². The van der Waals surface area contributed by atoms with Gasteiger partial charge >= 0.3 is 12.8 Å². The van der Waals surface area contributed by atoms with Crippen molar-refractivity contribution in [2.45, 2.75) is 17.9 Å². The normalized spacial score (nSPS) is 11.6. The highest BCUT2D eigenvalue weighted by Gasteiger charge is 2.33. The van der Waals surface area contributed by atoms with E-state index in [2.05, 4.69) is 20.3 Å². The van der Waals surface area contributed by atoms with Crippen molar-refractivity contribution in [1.82, 2.24) is 14.8 Å². The molecule has 2 aromatic carbocycles. The van der Waals surface area contributed by atoms with Gasteiger partial charge in [0.25, 0.3) is 0 Å². The minimum absolute atomic E-state index is 0.00803. The third-order valence-corrected chi connectivity index (χ3v) is 5.03. The Morgan fingerprint density at radius 1 is 1.13 bits per heavy atom. The molecule has 1 amide bonds. The molecule has 1 aromatic heterocycles. The summed E-state index contributed by atoms with van der Waals surface area (Å²) in [6.07, 6.45) is -4.59. The van der Waals surface area contributed by atoms with E-state index in [1.165, 1.54) is 42.5 Å². The third kappa shape index (κ3) is 5.72. The molecule has 0 saturated heterocycles. The van der Waals surface area contributed by atoms with Gasteiger partial charge in [-0.05, 0) is 36.4 Å². The number of nitrogens with one attached hydrogen (secondary N) is 1. The molecule has 0 aliphatic rings. The molecule has 0 radical (unpaired) electrons. The topological polar surface area (TPSA) is 69.0 Å². The maximum atomic E-state index is 13.0. The Balaban J connectivity index is 1.65. The van der Waals surface area contributed by atoms with Gasteiger partial charge in [-0.25, -0.2) is 0 Å². The van der Waals surface area contributed by atoms with E-state index in [1.807, 2.05) is 0 Å². The summed E-state index contributed by atoms with van der Waals surface area (Å²) in [6, 6.07) is 10.4. The lowest BCUT2D eigenvalue weighted by Gasteiger charge is -2.13. The quantitative estimate of drug-likeness (QED) is 0.406. The van der Waals surface area contributed by atoms with Crippen LogP contribution in [0.2, 0.25) is 0 Å². The molecule has 0 fully saturated rings. The molecule has 1 N–H and O–H groups in total. The third-order valence-electron chi connectivity index (χ3n) is 4.01. The van der Waals surface area contributed by atoms with Gasteiger partial charge in [-0.1, -0.05) is 23.9 Å². The molecule has 6 nitrogen and oxygen atoms in total. The Morgan fingerprint density at radius 3 is 2.45 bits per heavy atom. The molecule has 0 aliphatic heterocycles. The van der Waals surface area contributed by atoms with Gasteiger partial charge in [-0.15, -0.1) is 10.2 Å². The second-order valence-corrected chi connectivity index (χ2v) is 7.09. The Bertz CT molecular complexity index is 1050. The molecule has 164 valence electrons. The fourth-order valence-electron chi connectivity index (χ4n) is 2.63. The zero-order valence-electron chi connectivity index (χ0n) is 15.9. The van der Waals surface area contributed by atoms with Gasteiger partial charge in [0.05, 0.1) is 17.0 Å². The van der Waals surface area contributed by atoms with Crippen molar-refractivity contribution in [3.05, 3.63) is 54.1 Å². The van der Waals surface area contributed by atoms with Crippen LogP contribution >= 0.6 is 11.8 Å². The number of amides is 1. The number of aromatic nitrogens is 3. The molecule has 0 bridgehead atoms. The number of carbonyl (C=O) groups is 1. The molecule has 0 unspecified atom stereocenters. The standard InChI is InChI=1S/C19H15F5N4O2S/c1-28-16(11-6-8-12(9-7-11)30-17(20)21)26-27-18(28)31-10-15(29)25-14-5-3-2-4-13(14)19(22,23)24/h2-9,17H,10H2,1H3,(H,25,29). The molecular formula is C19H15F5N4O2S. The second kappa shape index (κ2) is 9.33. The van der Waals surface area contributed by atoms with Crippen LogP contribution in [0.25, 0.3) is 11.4 Å². The Labute approximate surface area is 177 Å². The highest BCUT2D eigenvalue weighted by molar-refractivity contribution is 7.99. The molecular weight excluding hydrogens is 443 g/mol. The van der Waals surface area contributed by atoms with E-state index in [4.69, 9.17) is 0 Å². The van der Waals surface area contributed by atoms with Crippen LogP contribution in [-0.2, 0) is 18.0 Å². The average Bonchev–Trinajstić information content (AvgIpc) is 3.06. The monoisotopic (exact) mass is 458 g/mol. The number of anilines is 1. The average molecular weight is 458 g/mol. The number of para-hydroxylation sites is 1. The lowest BCUT2D eigenvalue weighted by atomic mass is 10.1. The minimum atomic E-state index is -4.59. The van der Waals surface area contributed by atoms with Gasteiger partial charge in [-0.3, -0.25) is 4.79 Å². The molecule has 0 spiro atoms. The Hall–Kier alpha value is -3.15. The summed E-state index contributed by atoms with van der Waals surface area (Å²) in [5, 5.41) is 10.6. The summed E-state index contributed by atoms with van der Waals surface area (Å²) in [4.78, 5) is 12.1. The molecule has 0 saturated carbocycles. The predicted molar refractivity (Wildman–Crippen MR) is 104 cm³/mol. The van der Waals surface area contributed by atoms with Gasteiger partial charge in [0, 0.05) is 12.6 Å². The highest BCUT2D eigenvalue weighted by atomic mass is 32.2. The number of nitrogens with zero attached hydrogens (tertiary/aromatic N) is 3. The van der Waals surface area contributed by atoms with Crippen LogP contribution in [0.4, 0.5) is 27.6 Å². The van der Waals surface area contributed by atoms with Crippen LogP contribution < -0.4 is 10.1 Å². The zero-order valence-corrected chi connectivity index (χ0v) is 16.7. The number of hydrogen-bond acceptors (Lipinski definition) is 5. The van der Waals surface area contributed by atoms with E-state index in [1.54, 1.807) is 11.6 Å². The maximum absolute atomic E-state index is 13.0. The van der Waals surface area contributed by atoms with E-state index in [0.29, 0.717) is 16.5 Å². The van der Waals surface area contributed by atoms with E-state index in [0.717, 1.165) is 17.8 Å². The first-order valence-corrected chi connectivity index (χ1v) is 9.67. The number of ether oxygens (including phenoxy) is 1. The number of thioether (sulfide) groups is 1. The molecule has 3 aromatic rings. The highest BCUT2D eigenvalue weighted by Crippen LogP contribution is 2.34. The van der Waals surface area contributed by atoms with E-state index < -0.39 is 24.3 Å². The van der Waals surface area contributed by atoms with Gasteiger partial charge in [0.2, 0.25) is 5.91 Å². The maximum Gasteiger partial charge on any atom is 0.418 e. The number of hydrogen-bond donors (Lipinski definition) is 1. The summed E-state index contributed by atoms with van der Waals surface area (Å²) >= 11 is 0.987. The number of halogens is 5. The fourth-order valence-corrected chi connectivity index (χ4v) is 3.34. The minimum Gasteiger partial charge on any atom is -0.435 e. The van der Waals surface area contributed by atoms with E-state index >= 15 is 0 Å². The first-order valence-electron chi connectivity index (χ1n) is 8.68. The zero-order chi connectivity index (χ0) is 22.6. The van der Waals surface area contributed by atoms with Crippen LogP contribution in [0.1, 0.15) is 5.56 Å². The number of rotatable bonds is 7.